The highest BCUT2D eigenvalue weighted by Gasteiger charge is 2.25. The molecule has 3 N–H and O–H groups in total. The molecule has 0 aromatic carbocycles. The Bertz CT molecular complexity index is 253. The van der Waals surface area contributed by atoms with E-state index in [0.717, 1.165) is 12.8 Å². The van der Waals surface area contributed by atoms with E-state index in [1.165, 1.54) is 0 Å². The molecule has 0 heterocycles. The molecule has 1 fully saturated rings. The second-order valence-electron chi connectivity index (χ2n) is 5.02. The molecule has 1 atom stereocenters. The van der Waals surface area contributed by atoms with Crippen molar-refractivity contribution in [3.63, 3.8) is 0 Å². The van der Waals surface area contributed by atoms with Gasteiger partial charge in [-0.2, -0.15) is 0 Å². The molecule has 0 saturated heterocycles. The summed E-state index contributed by atoms with van der Waals surface area (Å²) in [7, 11) is 1.61. The lowest BCUT2D eigenvalue weighted by Crippen LogP contribution is -2.40. The summed E-state index contributed by atoms with van der Waals surface area (Å²) in [5.74, 6) is -0.884. The molecule has 1 aliphatic carbocycles. The van der Waals surface area contributed by atoms with Crippen molar-refractivity contribution < 1.29 is 24.5 Å². The average Bonchev–Trinajstić information content (AvgIpc) is 2.42. The minimum atomic E-state index is -0.690. The number of nitrogens with one attached hydrogen (secondary N) is 1. The van der Waals surface area contributed by atoms with Crippen molar-refractivity contribution in [2.45, 2.75) is 37.8 Å². The third-order valence-corrected chi connectivity index (χ3v) is 3.46. The van der Waals surface area contributed by atoms with Crippen LogP contribution in [0.15, 0.2) is 0 Å². The molecule has 1 unspecified atom stereocenters. The van der Waals surface area contributed by atoms with E-state index in [4.69, 9.17) is 14.6 Å². The van der Waals surface area contributed by atoms with E-state index in [2.05, 4.69) is 5.32 Å². The van der Waals surface area contributed by atoms with Crippen LogP contribution in [0.4, 0.5) is 0 Å². The van der Waals surface area contributed by atoms with Gasteiger partial charge in [-0.3, -0.25) is 4.79 Å². The zero-order chi connectivity index (χ0) is 14.1. The van der Waals surface area contributed by atoms with Gasteiger partial charge in [-0.15, -0.1) is 0 Å². The molecule has 0 radical (unpaired) electrons. The van der Waals surface area contributed by atoms with Gasteiger partial charge in [0.2, 0.25) is 0 Å². The molecule has 1 saturated carbocycles. The lowest BCUT2D eigenvalue weighted by Gasteiger charge is -2.27. The van der Waals surface area contributed by atoms with Crippen molar-refractivity contribution in [1.29, 1.82) is 0 Å². The van der Waals surface area contributed by atoms with Crippen molar-refractivity contribution in [2.75, 3.05) is 33.5 Å². The maximum absolute atomic E-state index is 10.8. The van der Waals surface area contributed by atoms with E-state index in [9.17, 15) is 9.90 Å². The summed E-state index contributed by atoms with van der Waals surface area (Å²) in [6.45, 7) is 1.78. The predicted molar refractivity (Wildman–Crippen MR) is 70.1 cm³/mol. The molecular formula is C13H25NO5. The number of aliphatic hydroxyl groups is 1. The number of hydrogen-bond donors (Lipinski definition) is 3. The number of aliphatic hydroxyl groups excluding tert-OH is 1. The molecule has 0 aromatic heterocycles. The molecular weight excluding hydrogens is 250 g/mol. The highest BCUT2D eigenvalue weighted by Crippen LogP contribution is 2.24. The molecule has 0 aliphatic heterocycles. The topological polar surface area (TPSA) is 88.0 Å². The Kier molecular flexibility index (Phi) is 7.97. The van der Waals surface area contributed by atoms with E-state index in [1.54, 1.807) is 7.11 Å². The third-order valence-electron chi connectivity index (χ3n) is 3.46. The summed E-state index contributed by atoms with van der Waals surface area (Å²) in [6, 6.07) is 0.309. The fourth-order valence-corrected chi connectivity index (χ4v) is 2.27. The second kappa shape index (κ2) is 9.25. The lowest BCUT2D eigenvalue weighted by molar-refractivity contribution is -0.142. The number of carbonyl (C=O) groups is 1. The van der Waals surface area contributed by atoms with Gasteiger partial charge >= 0.3 is 5.97 Å². The van der Waals surface area contributed by atoms with Crippen LogP contribution in [0.1, 0.15) is 25.7 Å². The van der Waals surface area contributed by atoms with E-state index < -0.39 is 12.1 Å². The molecule has 1 aliphatic rings. The minimum Gasteiger partial charge on any atom is -0.481 e. The zero-order valence-corrected chi connectivity index (χ0v) is 11.5. The van der Waals surface area contributed by atoms with Gasteiger partial charge in [0.05, 0.1) is 31.8 Å². The number of hydrogen-bond acceptors (Lipinski definition) is 5. The molecule has 0 aromatic rings. The van der Waals surface area contributed by atoms with Crippen molar-refractivity contribution in [2.24, 2.45) is 5.92 Å². The van der Waals surface area contributed by atoms with Crippen LogP contribution in [-0.2, 0) is 14.3 Å². The Morgan fingerprint density at radius 3 is 2.58 bits per heavy atom. The number of rotatable bonds is 9. The summed E-state index contributed by atoms with van der Waals surface area (Å²) in [5.41, 5.74) is 0. The van der Waals surface area contributed by atoms with Crippen LogP contribution in [0, 0.1) is 5.92 Å². The summed E-state index contributed by atoms with van der Waals surface area (Å²) in [5, 5.41) is 21.9. The van der Waals surface area contributed by atoms with Crippen LogP contribution in [0.25, 0.3) is 0 Å². The SMILES string of the molecule is COCCOCC(O)CNC1CCC(C(=O)O)CC1. The van der Waals surface area contributed by atoms with Crippen LogP contribution in [0.2, 0.25) is 0 Å². The van der Waals surface area contributed by atoms with Crippen LogP contribution < -0.4 is 5.32 Å². The normalized spacial score (nSPS) is 25.2. The Hall–Kier alpha value is -0.690. The van der Waals surface area contributed by atoms with Crippen molar-refractivity contribution in [3.05, 3.63) is 0 Å². The Labute approximate surface area is 114 Å². The summed E-state index contributed by atoms with van der Waals surface area (Å²) >= 11 is 0. The summed E-state index contributed by atoms with van der Waals surface area (Å²) in [4.78, 5) is 10.8. The summed E-state index contributed by atoms with van der Waals surface area (Å²) in [6.07, 6.45) is 2.61. The Morgan fingerprint density at radius 2 is 2.00 bits per heavy atom. The minimum absolute atomic E-state index is 0.194. The van der Waals surface area contributed by atoms with Crippen molar-refractivity contribution >= 4 is 5.97 Å². The highest BCUT2D eigenvalue weighted by molar-refractivity contribution is 5.70. The standard InChI is InChI=1S/C13H25NO5/c1-18-6-7-19-9-12(15)8-14-11-4-2-10(3-5-11)13(16)17/h10-12,14-15H,2-9H2,1H3,(H,16,17). The first-order valence-electron chi connectivity index (χ1n) is 6.84. The molecule has 1 rings (SSSR count). The van der Waals surface area contributed by atoms with Gasteiger partial charge in [0.15, 0.2) is 0 Å². The zero-order valence-electron chi connectivity index (χ0n) is 11.5. The maximum Gasteiger partial charge on any atom is 0.306 e. The molecule has 112 valence electrons. The Balaban J connectivity index is 2.05. The quantitative estimate of drug-likeness (QED) is 0.523. The van der Waals surface area contributed by atoms with Crippen molar-refractivity contribution in [1.82, 2.24) is 5.32 Å². The monoisotopic (exact) mass is 275 g/mol. The van der Waals surface area contributed by atoms with Crippen LogP contribution in [0.3, 0.4) is 0 Å². The number of ether oxygens (including phenoxy) is 2. The summed E-state index contributed by atoms with van der Waals surface area (Å²) < 4.78 is 10.1. The second-order valence-corrected chi connectivity index (χ2v) is 5.02. The third kappa shape index (κ3) is 6.87. The van der Waals surface area contributed by atoms with Gasteiger partial charge in [0.25, 0.3) is 0 Å². The average molecular weight is 275 g/mol. The molecule has 0 bridgehead atoms. The first-order chi connectivity index (χ1) is 9.13. The van der Waals surface area contributed by atoms with Gasteiger partial charge < -0.3 is 25.0 Å². The van der Waals surface area contributed by atoms with E-state index in [1.807, 2.05) is 0 Å². The van der Waals surface area contributed by atoms with E-state index in [0.29, 0.717) is 45.2 Å². The van der Waals surface area contributed by atoms with Gasteiger partial charge in [0, 0.05) is 19.7 Å². The van der Waals surface area contributed by atoms with Gasteiger partial charge in [-0.1, -0.05) is 0 Å². The fourth-order valence-electron chi connectivity index (χ4n) is 2.27. The predicted octanol–water partition coefficient (Wildman–Crippen LogP) is 0.243. The number of aliphatic carboxylic acids is 1. The highest BCUT2D eigenvalue weighted by atomic mass is 16.5. The molecule has 19 heavy (non-hydrogen) atoms. The molecule has 6 nitrogen and oxygen atoms in total. The fraction of sp³-hybridized carbons (Fsp3) is 0.923. The Morgan fingerprint density at radius 1 is 1.32 bits per heavy atom. The molecule has 0 amide bonds. The smallest absolute Gasteiger partial charge is 0.306 e. The first kappa shape index (κ1) is 16.4. The number of carboxylic acids is 1. The largest absolute Gasteiger partial charge is 0.481 e. The van der Waals surface area contributed by atoms with Crippen LogP contribution >= 0.6 is 0 Å². The lowest BCUT2D eigenvalue weighted by atomic mass is 9.86. The van der Waals surface area contributed by atoms with Gasteiger partial charge in [-0.25, -0.2) is 0 Å². The van der Waals surface area contributed by atoms with Gasteiger partial charge in [-0.05, 0) is 25.7 Å². The van der Waals surface area contributed by atoms with Gasteiger partial charge in [0.1, 0.15) is 0 Å². The van der Waals surface area contributed by atoms with E-state index >= 15 is 0 Å². The van der Waals surface area contributed by atoms with Crippen LogP contribution in [-0.4, -0.2) is 61.8 Å². The van der Waals surface area contributed by atoms with Crippen LogP contribution in [0.5, 0.6) is 0 Å². The molecule has 6 heteroatoms. The number of carboxylic acid groups (broad SMARTS) is 1. The first-order valence-corrected chi connectivity index (χ1v) is 6.84. The maximum atomic E-state index is 10.8. The van der Waals surface area contributed by atoms with Crippen molar-refractivity contribution in [3.8, 4) is 0 Å². The van der Waals surface area contributed by atoms with E-state index in [-0.39, 0.29) is 5.92 Å². The number of methoxy groups -OCH3 is 1. The molecule has 0 spiro atoms.